The lowest BCUT2D eigenvalue weighted by Gasteiger charge is -2.15. The Morgan fingerprint density at radius 2 is 1.91 bits per heavy atom. The number of hydrogen-bond acceptors (Lipinski definition) is 2. The summed E-state index contributed by atoms with van der Waals surface area (Å²) in [5, 5.41) is 2.76. The molecule has 0 bridgehead atoms. The van der Waals surface area contributed by atoms with Gasteiger partial charge < -0.3 is 10.1 Å². The zero-order valence-electron chi connectivity index (χ0n) is 12.7. The molecule has 1 aliphatic carbocycles. The van der Waals surface area contributed by atoms with E-state index in [-0.39, 0.29) is 11.7 Å². The molecule has 0 unspecified atom stereocenters. The number of hydrogen-bond donors (Lipinski definition) is 1. The zero-order valence-corrected chi connectivity index (χ0v) is 12.7. The smallest absolute Gasteiger partial charge is 0.265 e. The molecule has 0 aromatic heterocycles. The van der Waals surface area contributed by atoms with Crippen LogP contribution >= 0.6 is 0 Å². The Balaban J connectivity index is 1.65. The van der Waals surface area contributed by atoms with E-state index in [1.165, 1.54) is 24.1 Å². The minimum atomic E-state index is -0.900. The van der Waals surface area contributed by atoms with Gasteiger partial charge in [0.2, 0.25) is 0 Å². The quantitative estimate of drug-likeness (QED) is 0.930. The van der Waals surface area contributed by atoms with Crippen molar-refractivity contribution in [1.82, 2.24) is 0 Å². The van der Waals surface area contributed by atoms with E-state index in [9.17, 15) is 13.6 Å². The number of aryl methyl sites for hydroxylation is 2. The van der Waals surface area contributed by atoms with Crippen molar-refractivity contribution >= 4 is 11.6 Å². The van der Waals surface area contributed by atoms with Crippen LogP contribution in [0.15, 0.2) is 36.4 Å². The van der Waals surface area contributed by atoms with Crippen molar-refractivity contribution in [2.45, 2.75) is 32.3 Å². The lowest BCUT2D eigenvalue weighted by molar-refractivity contribution is -0.122. The molecule has 2 aromatic rings. The fourth-order valence-corrected chi connectivity index (χ4v) is 2.71. The predicted molar refractivity (Wildman–Crippen MR) is 83.5 cm³/mol. The van der Waals surface area contributed by atoms with Crippen molar-refractivity contribution < 1.29 is 18.3 Å². The van der Waals surface area contributed by atoms with Crippen LogP contribution in [0.4, 0.5) is 14.5 Å². The SMILES string of the molecule is C[C@@H](Oc1ccc(F)cc1F)C(=O)Nc1ccc2c(c1)CCC2. The molecule has 1 amide bonds. The summed E-state index contributed by atoms with van der Waals surface area (Å²) in [4.78, 5) is 12.2. The zero-order chi connectivity index (χ0) is 16.4. The number of carbonyl (C=O) groups excluding carboxylic acids is 1. The molecule has 3 nitrogen and oxygen atoms in total. The molecule has 0 heterocycles. The van der Waals surface area contributed by atoms with E-state index < -0.39 is 17.7 Å². The van der Waals surface area contributed by atoms with Crippen LogP contribution in [0.2, 0.25) is 0 Å². The van der Waals surface area contributed by atoms with Crippen LogP contribution in [0, 0.1) is 11.6 Å². The van der Waals surface area contributed by atoms with Gasteiger partial charge in [0.1, 0.15) is 5.82 Å². The normalized spacial score (nSPS) is 14.2. The Hall–Kier alpha value is -2.43. The third-order valence-corrected chi connectivity index (χ3v) is 3.93. The van der Waals surface area contributed by atoms with Gasteiger partial charge in [0, 0.05) is 11.8 Å². The molecule has 0 fully saturated rings. The van der Waals surface area contributed by atoms with Gasteiger partial charge in [-0.05, 0) is 61.6 Å². The first-order valence-electron chi connectivity index (χ1n) is 7.57. The third kappa shape index (κ3) is 3.50. The van der Waals surface area contributed by atoms with Gasteiger partial charge in [-0.2, -0.15) is 0 Å². The number of fused-ring (bicyclic) bond motifs is 1. The molecule has 120 valence electrons. The number of rotatable bonds is 4. The van der Waals surface area contributed by atoms with E-state index in [0.717, 1.165) is 31.4 Å². The number of benzene rings is 2. The maximum absolute atomic E-state index is 13.6. The molecule has 2 aromatic carbocycles. The fourth-order valence-electron chi connectivity index (χ4n) is 2.71. The van der Waals surface area contributed by atoms with Crippen molar-refractivity contribution in [3.63, 3.8) is 0 Å². The highest BCUT2D eigenvalue weighted by atomic mass is 19.1. The van der Waals surface area contributed by atoms with Crippen LogP contribution in [0.5, 0.6) is 5.75 Å². The monoisotopic (exact) mass is 317 g/mol. The molecule has 3 rings (SSSR count). The highest BCUT2D eigenvalue weighted by Crippen LogP contribution is 2.25. The van der Waals surface area contributed by atoms with E-state index in [0.29, 0.717) is 5.69 Å². The van der Waals surface area contributed by atoms with Crippen molar-refractivity contribution in [3.05, 3.63) is 59.2 Å². The molecule has 0 radical (unpaired) electrons. The van der Waals surface area contributed by atoms with Crippen LogP contribution in [0.3, 0.4) is 0 Å². The van der Waals surface area contributed by atoms with Crippen LogP contribution in [-0.2, 0) is 17.6 Å². The van der Waals surface area contributed by atoms with Crippen LogP contribution in [-0.4, -0.2) is 12.0 Å². The van der Waals surface area contributed by atoms with Gasteiger partial charge in [-0.3, -0.25) is 4.79 Å². The number of halogens is 2. The maximum atomic E-state index is 13.6. The second-order valence-electron chi connectivity index (χ2n) is 5.66. The van der Waals surface area contributed by atoms with Gasteiger partial charge in [-0.1, -0.05) is 6.07 Å². The standard InChI is InChI=1S/C18H17F2NO2/c1-11(23-17-8-6-14(19)10-16(17)20)18(22)21-15-7-5-12-3-2-4-13(12)9-15/h5-11H,2-4H2,1H3,(H,21,22)/t11-/m1/s1. The Labute approximate surface area is 133 Å². The Bertz CT molecular complexity index is 746. The molecular weight excluding hydrogens is 300 g/mol. The summed E-state index contributed by atoms with van der Waals surface area (Å²) < 4.78 is 31.7. The average Bonchev–Trinajstić information content (AvgIpc) is 2.97. The van der Waals surface area contributed by atoms with Crippen LogP contribution in [0.1, 0.15) is 24.5 Å². The lowest BCUT2D eigenvalue weighted by Crippen LogP contribution is -2.30. The minimum absolute atomic E-state index is 0.150. The number of carbonyl (C=O) groups is 1. The molecule has 0 aliphatic heterocycles. The molecule has 0 spiro atoms. The molecule has 5 heteroatoms. The summed E-state index contributed by atoms with van der Waals surface area (Å²) in [5.41, 5.74) is 3.27. The second-order valence-corrected chi connectivity index (χ2v) is 5.66. The molecule has 1 N–H and O–H groups in total. The van der Waals surface area contributed by atoms with E-state index in [2.05, 4.69) is 5.32 Å². The highest BCUT2D eigenvalue weighted by Gasteiger charge is 2.18. The van der Waals surface area contributed by atoms with Gasteiger partial charge in [0.25, 0.3) is 5.91 Å². The first-order valence-corrected chi connectivity index (χ1v) is 7.57. The summed E-state index contributed by atoms with van der Waals surface area (Å²) in [7, 11) is 0. The highest BCUT2D eigenvalue weighted by molar-refractivity contribution is 5.94. The maximum Gasteiger partial charge on any atom is 0.265 e. The molecule has 1 aliphatic rings. The molecule has 0 saturated carbocycles. The second kappa shape index (κ2) is 6.36. The van der Waals surface area contributed by atoms with Gasteiger partial charge in [-0.25, -0.2) is 8.78 Å². The first kappa shape index (κ1) is 15.5. The number of anilines is 1. The summed E-state index contributed by atoms with van der Waals surface area (Å²) >= 11 is 0. The summed E-state index contributed by atoms with van der Waals surface area (Å²) in [5.74, 6) is -2.05. The Kier molecular flexibility index (Phi) is 4.28. The van der Waals surface area contributed by atoms with Gasteiger partial charge in [-0.15, -0.1) is 0 Å². The van der Waals surface area contributed by atoms with Gasteiger partial charge in [0.05, 0.1) is 0 Å². The van der Waals surface area contributed by atoms with Crippen molar-refractivity contribution in [1.29, 1.82) is 0 Å². The number of amides is 1. The van der Waals surface area contributed by atoms with E-state index in [4.69, 9.17) is 4.74 Å². The van der Waals surface area contributed by atoms with E-state index in [1.54, 1.807) is 0 Å². The predicted octanol–water partition coefficient (Wildman–Crippen LogP) is 3.86. The summed E-state index contributed by atoms with van der Waals surface area (Å²) in [6, 6.07) is 8.82. The summed E-state index contributed by atoms with van der Waals surface area (Å²) in [6.45, 7) is 1.52. The van der Waals surface area contributed by atoms with E-state index in [1.807, 2.05) is 18.2 Å². The lowest BCUT2D eigenvalue weighted by atomic mass is 10.1. The van der Waals surface area contributed by atoms with E-state index >= 15 is 0 Å². The Morgan fingerprint density at radius 1 is 1.13 bits per heavy atom. The Morgan fingerprint density at radius 3 is 2.70 bits per heavy atom. The molecule has 23 heavy (non-hydrogen) atoms. The van der Waals surface area contributed by atoms with Gasteiger partial charge in [0.15, 0.2) is 17.7 Å². The topological polar surface area (TPSA) is 38.3 Å². The fraction of sp³-hybridized carbons (Fsp3) is 0.278. The van der Waals surface area contributed by atoms with Crippen molar-refractivity contribution in [3.8, 4) is 5.75 Å². The number of nitrogens with one attached hydrogen (secondary N) is 1. The van der Waals surface area contributed by atoms with Crippen molar-refractivity contribution in [2.24, 2.45) is 0 Å². The minimum Gasteiger partial charge on any atom is -0.478 e. The third-order valence-electron chi connectivity index (χ3n) is 3.93. The number of ether oxygens (including phenoxy) is 1. The molecule has 0 saturated heterocycles. The summed E-state index contributed by atoms with van der Waals surface area (Å²) in [6.07, 6.45) is 2.33. The molecule has 1 atom stereocenters. The van der Waals surface area contributed by atoms with Crippen molar-refractivity contribution in [2.75, 3.05) is 5.32 Å². The molecular formula is C18H17F2NO2. The van der Waals surface area contributed by atoms with Crippen LogP contribution < -0.4 is 10.1 Å². The first-order chi connectivity index (χ1) is 11.0. The average molecular weight is 317 g/mol. The largest absolute Gasteiger partial charge is 0.478 e. The van der Waals surface area contributed by atoms with Gasteiger partial charge >= 0.3 is 0 Å². The van der Waals surface area contributed by atoms with Crippen LogP contribution in [0.25, 0.3) is 0 Å².